The first kappa shape index (κ1) is 43.9. The summed E-state index contributed by atoms with van der Waals surface area (Å²) < 4.78 is 17.0. The van der Waals surface area contributed by atoms with E-state index in [1.165, 1.54) is 109 Å². The lowest BCUT2D eigenvalue weighted by molar-refractivity contribution is 0.0525. The van der Waals surface area contributed by atoms with E-state index in [-0.39, 0.29) is 11.5 Å². The van der Waals surface area contributed by atoms with E-state index < -0.39 is 0 Å². The zero-order valence-electron chi connectivity index (χ0n) is 47.6. The smallest absolute Gasteiger partial charge is 0.0700 e. The van der Waals surface area contributed by atoms with Crippen molar-refractivity contribution in [2.75, 3.05) is 40.0 Å². The Morgan fingerprint density at radius 3 is 1.57 bits per heavy atom. The molecule has 20 aromatic rings. The van der Waals surface area contributed by atoms with Gasteiger partial charge in [0.2, 0.25) is 0 Å². The first-order valence-corrected chi connectivity index (χ1v) is 31.7. The number of hydrogen-bond acceptors (Lipinski definition) is 3. The maximum atomic E-state index is 6.53. The summed E-state index contributed by atoms with van der Waals surface area (Å²) in [4.78, 5) is 2.92. The summed E-state index contributed by atoms with van der Waals surface area (Å²) in [6.45, 7) is 3.75. The lowest BCUT2D eigenvalue weighted by Crippen LogP contribution is -2.44. The van der Waals surface area contributed by atoms with Gasteiger partial charge in [-0.15, -0.1) is 0 Å². The van der Waals surface area contributed by atoms with Crippen LogP contribution in [-0.2, 0) is 27.7 Å². The summed E-state index contributed by atoms with van der Waals surface area (Å²) in [6.07, 6.45) is 3.17. The molecule has 3 heterocycles. The van der Waals surface area contributed by atoms with Gasteiger partial charge in [0.05, 0.1) is 41.9 Å². The summed E-state index contributed by atoms with van der Waals surface area (Å²) >= 11 is 0. The zero-order valence-corrected chi connectivity index (χ0v) is 47.6. The zero-order chi connectivity index (χ0) is 55.5. The monoisotopic (exact) mass is 1110 g/mol. The molecule has 0 amide bonds. The van der Waals surface area contributed by atoms with Crippen molar-refractivity contribution in [2.45, 2.75) is 30.7 Å². The second kappa shape index (κ2) is 14.1. The molecular formula is C82H49N3O2. The number of likely N-dealkylation sites (tertiary alicyclic amines) is 1. The Bertz CT molecular complexity index is 6590. The van der Waals surface area contributed by atoms with E-state index in [1.54, 1.807) is 126 Å². The van der Waals surface area contributed by atoms with Crippen LogP contribution in [0.2, 0.25) is 0 Å². The summed E-state index contributed by atoms with van der Waals surface area (Å²) in [5.41, 5.74) is 19.2. The molecule has 87 heavy (non-hydrogen) atoms. The first-order chi connectivity index (χ1) is 43.1. The third-order valence-corrected chi connectivity index (χ3v) is 24.0. The molecule has 5 aliphatic rings. The van der Waals surface area contributed by atoms with Crippen LogP contribution in [0.25, 0.3) is 196 Å². The fraction of sp³-hybridized carbons (Fsp3) is 0.146. The average Bonchev–Trinajstić information content (AvgIpc) is 1.49. The molecule has 0 radical (unpaired) electrons. The van der Waals surface area contributed by atoms with E-state index in [0.29, 0.717) is 25.7 Å². The molecule has 25 rings (SSSR count). The van der Waals surface area contributed by atoms with Crippen LogP contribution in [0.5, 0.6) is 0 Å². The molecule has 1 spiro atoms. The van der Waals surface area contributed by atoms with Gasteiger partial charge >= 0.3 is 0 Å². The lowest BCUT2D eigenvalue weighted by Gasteiger charge is -2.43. The van der Waals surface area contributed by atoms with Gasteiger partial charge in [-0.1, -0.05) is 108 Å². The van der Waals surface area contributed by atoms with Crippen molar-refractivity contribution < 1.29 is 9.47 Å². The molecule has 18 aromatic carbocycles. The topological polar surface area (TPSA) is 31.6 Å². The predicted molar refractivity (Wildman–Crippen MR) is 361 cm³/mol. The van der Waals surface area contributed by atoms with Gasteiger partial charge in [0, 0.05) is 70.5 Å². The largest absolute Gasteiger partial charge is 0.382 e. The normalized spacial score (nSPS) is 19.4. The van der Waals surface area contributed by atoms with Crippen LogP contribution < -0.4 is 10.4 Å². The molecule has 3 unspecified atom stereocenters. The molecule has 0 saturated carbocycles. The van der Waals surface area contributed by atoms with Crippen molar-refractivity contribution in [2.24, 2.45) is 5.92 Å². The highest BCUT2D eigenvalue weighted by atomic mass is 16.5. The van der Waals surface area contributed by atoms with Crippen molar-refractivity contribution in [1.29, 1.82) is 0 Å². The standard InChI is InChI=1S/C82H49N3O2/c1-86-26-27-87-25-24-83-37-55-54-35-46-32-43-30-44-29-41-28-42-31-45-33-47-36-82(55,80-66(47)71-65(45)70-61(42)60(41)68-64(44)69-62(43)63(46)72-67(54)79(80)78-76(71)74(70)73(68)75(69)77(72)78)81(83)40-18-23-59-53(34-40)52-10-4-7-13-58(52)85(59)49-21-16-39(17-22-49)38-14-19-48(20-15-38)84-56-11-5-2-8-50(56)51-9-3-6-12-57(51)84/h2-23,28-31,33-34,55,81H,24-27,32,35-37H2,1H3. The Hall–Kier alpha value is -9.62. The number of fused-ring (bicyclic) bond motifs is 7. The van der Waals surface area contributed by atoms with Crippen molar-refractivity contribution in [3.05, 3.63) is 203 Å². The van der Waals surface area contributed by atoms with Crippen LogP contribution in [0.3, 0.4) is 0 Å². The Balaban J connectivity index is 0.705. The minimum Gasteiger partial charge on any atom is -0.382 e. The van der Waals surface area contributed by atoms with E-state index in [0.717, 1.165) is 32.4 Å². The number of para-hydroxylation sites is 3. The SMILES string of the molecule is COCCOCCN1CC2C3=c4c5c6c7c(cc8cc9cc%10cc%11cc%12c%13c(c4c4c5c5c7c8c7c9c%10c8c%11c%13c4c8c75)=C(C3)C%12)CC62C1c1ccc2c(c1)c1ccccc1n2-c1ccc(-c2ccc(-n3c4ccccc4c4ccccc43)cc2)cc1. The van der Waals surface area contributed by atoms with E-state index in [2.05, 4.69) is 184 Å². The minimum atomic E-state index is -0.185. The van der Waals surface area contributed by atoms with Gasteiger partial charge in [0.15, 0.2) is 0 Å². The number of benzene rings is 14. The van der Waals surface area contributed by atoms with Crippen LogP contribution in [0.4, 0.5) is 0 Å². The van der Waals surface area contributed by atoms with Crippen molar-refractivity contribution in [3.63, 3.8) is 0 Å². The lowest BCUT2D eigenvalue weighted by atomic mass is 9.60. The summed E-state index contributed by atoms with van der Waals surface area (Å²) in [5.74, 6) is 0.345. The van der Waals surface area contributed by atoms with Crippen LogP contribution in [-0.4, -0.2) is 54.1 Å². The molecular weight excluding hydrogens is 1060 g/mol. The quantitative estimate of drug-likeness (QED) is 0.101. The van der Waals surface area contributed by atoms with Crippen LogP contribution in [0.1, 0.15) is 34.7 Å². The van der Waals surface area contributed by atoms with Gasteiger partial charge in [-0.05, 0) is 254 Å². The van der Waals surface area contributed by atoms with Gasteiger partial charge < -0.3 is 18.6 Å². The number of methoxy groups -OCH3 is 1. The number of nitrogens with zero attached hydrogens (tertiary/aromatic N) is 3. The maximum absolute atomic E-state index is 6.53. The predicted octanol–water partition coefficient (Wildman–Crippen LogP) is 17.6. The second-order valence-corrected chi connectivity index (χ2v) is 27.3. The van der Waals surface area contributed by atoms with E-state index in [1.807, 2.05) is 0 Å². The average molecular weight is 1110 g/mol. The van der Waals surface area contributed by atoms with Gasteiger partial charge in [-0.2, -0.15) is 0 Å². The van der Waals surface area contributed by atoms with Crippen molar-refractivity contribution >= 4 is 173 Å². The number of ether oxygens (including phenoxy) is 2. The summed E-state index contributed by atoms with van der Waals surface area (Å²) in [7, 11) is 1.78. The van der Waals surface area contributed by atoms with Gasteiger partial charge in [-0.3, -0.25) is 4.90 Å². The van der Waals surface area contributed by atoms with Gasteiger partial charge in [0.25, 0.3) is 0 Å². The van der Waals surface area contributed by atoms with Crippen molar-refractivity contribution in [3.8, 4) is 22.5 Å². The molecule has 5 heteroatoms. The molecule has 404 valence electrons. The molecule has 1 aliphatic heterocycles. The van der Waals surface area contributed by atoms with Crippen LogP contribution in [0.15, 0.2) is 170 Å². The Kier molecular flexibility index (Phi) is 7.12. The third-order valence-electron chi connectivity index (χ3n) is 24.0. The molecule has 4 aliphatic carbocycles. The van der Waals surface area contributed by atoms with E-state index in [4.69, 9.17) is 9.47 Å². The molecule has 0 bridgehead atoms. The van der Waals surface area contributed by atoms with E-state index >= 15 is 0 Å². The van der Waals surface area contributed by atoms with Gasteiger partial charge in [-0.25, -0.2) is 0 Å². The first-order valence-electron chi connectivity index (χ1n) is 31.7. The fourth-order valence-corrected chi connectivity index (χ4v) is 21.5. The summed E-state index contributed by atoms with van der Waals surface area (Å²) in [5, 5.41) is 42.7. The Labute approximate surface area is 495 Å². The van der Waals surface area contributed by atoms with E-state index in [9.17, 15) is 0 Å². The molecule has 1 fully saturated rings. The second-order valence-electron chi connectivity index (χ2n) is 27.3. The molecule has 0 N–H and O–H groups in total. The maximum Gasteiger partial charge on any atom is 0.0700 e. The van der Waals surface area contributed by atoms with Gasteiger partial charge in [0.1, 0.15) is 0 Å². The van der Waals surface area contributed by atoms with Crippen LogP contribution >= 0.6 is 0 Å². The third kappa shape index (κ3) is 4.50. The highest BCUT2D eigenvalue weighted by molar-refractivity contribution is 6.64. The highest BCUT2D eigenvalue weighted by Crippen LogP contribution is 2.70. The summed E-state index contributed by atoms with van der Waals surface area (Å²) in [6, 6.07) is 66.0. The molecule has 1 saturated heterocycles. The number of rotatable bonds is 10. The fourth-order valence-electron chi connectivity index (χ4n) is 21.5. The highest BCUT2D eigenvalue weighted by Gasteiger charge is 2.62. The molecule has 2 aromatic heterocycles. The van der Waals surface area contributed by atoms with Crippen molar-refractivity contribution in [1.82, 2.24) is 14.0 Å². The minimum absolute atomic E-state index is 0.121. The number of hydrogen-bond donors (Lipinski definition) is 0. The van der Waals surface area contributed by atoms with Crippen LogP contribution in [0, 0.1) is 5.92 Å². The number of aromatic nitrogens is 2. The molecule has 5 nitrogen and oxygen atoms in total. The Morgan fingerprint density at radius 2 is 0.943 bits per heavy atom. The Morgan fingerprint density at radius 1 is 0.425 bits per heavy atom. The molecule has 3 atom stereocenters.